The topological polar surface area (TPSA) is 101 Å². The van der Waals surface area contributed by atoms with Gasteiger partial charge in [0.1, 0.15) is 0 Å². The van der Waals surface area contributed by atoms with Crippen molar-refractivity contribution in [1.29, 1.82) is 0 Å². The van der Waals surface area contributed by atoms with Gasteiger partial charge in [-0.25, -0.2) is 13.1 Å². The Bertz CT molecular complexity index is 1120. The van der Waals surface area contributed by atoms with E-state index in [9.17, 15) is 13.2 Å². The van der Waals surface area contributed by atoms with E-state index < -0.39 is 15.9 Å². The zero-order valence-electron chi connectivity index (χ0n) is 17.8. The van der Waals surface area contributed by atoms with Crippen LogP contribution >= 0.6 is 0 Å². The first-order chi connectivity index (χ1) is 14.6. The highest BCUT2D eigenvalue weighted by molar-refractivity contribution is 7.89. The molecule has 162 valence electrons. The van der Waals surface area contributed by atoms with Crippen LogP contribution in [0.4, 0.5) is 0 Å². The summed E-state index contributed by atoms with van der Waals surface area (Å²) < 4.78 is 27.2. The van der Waals surface area contributed by atoms with Crippen LogP contribution in [0.3, 0.4) is 0 Å². The van der Waals surface area contributed by atoms with Crippen molar-refractivity contribution in [1.82, 2.24) is 20.0 Å². The first-order valence-electron chi connectivity index (χ1n) is 9.87. The Hall–Kier alpha value is -3.10. The monoisotopic (exact) mass is 438 g/mol. The molecule has 2 N–H and O–H groups in total. The third-order valence-electron chi connectivity index (χ3n) is 4.73. The fraction of sp³-hybridized carbons (Fsp3) is 0.261. The van der Waals surface area contributed by atoms with Crippen LogP contribution in [-0.4, -0.2) is 30.8 Å². The van der Waals surface area contributed by atoms with E-state index in [4.69, 9.17) is 0 Å². The predicted molar refractivity (Wildman–Crippen MR) is 120 cm³/mol. The summed E-state index contributed by atoms with van der Waals surface area (Å²) in [6, 6.07) is 14.1. The quantitative estimate of drug-likeness (QED) is 0.590. The van der Waals surface area contributed by atoms with Crippen molar-refractivity contribution in [3.63, 3.8) is 0 Å². The van der Waals surface area contributed by atoms with Crippen LogP contribution in [-0.2, 0) is 26.8 Å². The van der Waals surface area contributed by atoms with E-state index in [2.05, 4.69) is 40.8 Å². The number of sulfonamides is 1. The van der Waals surface area contributed by atoms with E-state index in [1.165, 1.54) is 0 Å². The maximum absolute atomic E-state index is 12.4. The van der Waals surface area contributed by atoms with Gasteiger partial charge in [0, 0.05) is 30.7 Å². The number of rotatable bonds is 7. The van der Waals surface area contributed by atoms with Crippen LogP contribution < -0.4 is 10.0 Å². The molecular formula is C23H26N4O3S. The molecule has 0 aliphatic rings. The van der Waals surface area contributed by atoms with Gasteiger partial charge in [-0.15, -0.1) is 0 Å². The minimum absolute atomic E-state index is 0.0688. The second kappa shape index (κ2) is 9.36. The average Bonchev–Trinajstić information content (AvgIpc) is 2.77. The fourth-order valence-corrected chi connectivity index (χ4v) is 3.84. The number of hydrogen-bond acceptors (Lipinski definition) is 5. The summed E-state index contributed by atoms with van der Waals surface area (Å²) in [6.45, 7) is 6.08. The van der Waals surface area contributed by atoms with Gasteiger partial charge in [-0.2, -0.15) is 0 Å². The first kappa shape index (κ1) is 22.6. The Morgan fingerprint density at radius 2 is 1.74 bits per heavy atom. The number of amides is 1. The Labute approximate surface area is 183 Å². The molecule has 0 unspecified atom stereocenters. The average molecular weight is 439 g/mol. The number of hydrogen-bond donors (Lipinski definition) is 2. The molecule has 31 heavy (non-hydrogen) atoms. The van der Waals surface area contributed by atoms with Crippen LogP contribution in [0.25, 0.3) is 11.3 Å². The molecule has 0 aliphatic heterocycles. The van der Waals surface area contributed by atoms with Crippen LogP contribution in [0.1, 0.15) is 31.9 Å². The second-order valence-corrected chi connectivity index (χ2v) is 9.94. The predicted octanol–water partition coefficient (Wildman–Crippen LogP) is 3.04. The van der Waals surface area contributed by atoms with Gasteiger partial charge >= 0.3 is 0 Å². The van der Waals surface area contributed by atoms with Crippen molar-refractivity contribution in [2.24, 2.45) is 0 Å². The molecule has 2 aromatic heterocycles. The highest BCUT2D eigenvalue weighted by Gasteiger charge is 2.18. The number of carbonyl (C=O) groups is 1. The molecule has 2 heterocycles. The molecule has 0 aliphatic carbocycles. The zero-order valence-corrected chi connectivity index (χ0v) is 18.6. The van der Waals surface area contributed by atoms with Gasteiger partial charge in [0.25, 0.3) is 0 Å². The zero-order chi connectivity index (χ0) is 22.5. The third kappa shape index (κ3) is 6.19. The Kier molecular flexibility index (Phi) is 6.82. The molecule has 0 saturated carbocycles. The molecule has 0 spiro atoms. The van der Waals surface area contributed by atoms with Gasteiger partial charge in [-0.05, 0) is 46.9 Å². The van der Waals surface area contributed by atoms with Gasteiger partial charge < -0.3 is 5.32 Å². The summed E-state index contributed by atoms with van der Waals surface area (Å²) in [7, 11) is -3.77. The van der Waals surface area contributed by atoms with Gasteiger partial charge in [-0.3, -0.25) is 14.8 Å². The number of pyridine rings is 2. The van der Waals surface area contributed by atoms with Crippen LogP contribution in [0.2, 0.25) is 0 Å². The lowest BCUT2D eigenvalue weighted by atomic mass is 9.87. The van der Waals surface area contributed by atoms with Crippen molar-refractivity contribution >= 4 is 15.9 Å². The normalized spacial score (nSPS) is 11.8. The van der Waals surface area contributed by atoms with Crippen LogP contribution in [0.5, 0.6) is 0 Å². The van der Waals surface area contributed by atoms with E-state index in [0.717, 1.165) is 22.4 Å². The summed E-state index contributed by atoms with van der Waals surface area (Å²) >= 11 is 0. The van der Waals surface area contributed by atoms with E-state index in [-0.39, 0.29) is 23.4 Å². The highest BCUT2D eigenvalue weighted by Crippen LogP contribution is 2.23. The van der Waals surface area contributed by atoms with Crippen molar-refractivity contribution in [3.8, 4) is 11.3 Å². The van der Waals surface area contributed by atoms with Gasteiger partial charge in [-0.1, -0.05) is 39.0 Å². The number of aromatic nitrogens is 2. The van der Waals surface area contributed by atoms with Crippen LogP contribution in [0, 0.1) is 0 Å². The Balaban J connectivity index is 1.51. The summed E-state index contributed by atoms with van der Waals surface area (Å²) in [5.74, 6) is -0.425. The van der Waals surface area contributed by atoms with Crippen LogP contribution in [0.15, 0.2) is 72.0 Å². The molecule has 0 saturated heterocycles. The van der Waals surface area contributed by atoms with E-state index in [1.807, 2.05) is 24.3 Å². The summed E-state index contributed by atoms with van der Waals surface area (Å²) in [5, 5.41) is 2.69. The van der Waals surface area contributed by atoms with Crippen molar-refractivity contribution < 1.29 is 13.2 Å². The molecule has 1 aromatic carbocycles. The summed E-state index contributed by atoms with van der Waals surface area (Å²) in [4.78, 5) is 20.7. The SMILES string of the molecule is CC(C)(C)c1ccc(S(=O)(=O)NCC(=O)NCc2ccc(-c3cccnc3)nc2)cc1. The van der Waals surface area contributed by atoms with Crippen molar-refractivity contribution in [2.45, 2.75) is 37.6 Å². The van der Waals surface area contributed by atoms with Gasteiger partial charge in [0.05, 0.1) is 17.1 Å². The number of nitrogens with one attached hydrogen (secondary N) is 2. The van der Waals surface area contributed by atoms with E-state index >= 15 is 0 Å². The largest absolute Gasteiger partial charge is 0.351 e. The molecule has 1 amide bonds. The smallest absolute Gasteiger partial charge is 0.241 e. The van der Waals surface area contributed by atoms with Crippen molar-refractivity contribution in [2.75, 3.05) is 6.54 Å². The van der Waals surface area contributed by atoms with Gasteiger partial charge in [0.15, 0.2) is 0 Å². The molecule has 3 aromatic rings. The molecular weight excluding hydrogens is 412 g/mol. The molecule has 3 rings (SSSR count). The third-order valence-corrected chi connectivity index (χ3v) is 6.14. The molecule has 8 heteroatoms. The molecule has 0 radical (unpaired) electrons. The van der Waals surface area contributed by atoms with Gasteiger partial charge in [0.2, 0.25) is 15.9 Å². The fourth-order valence-electron chi connectivity index (χ4n) is 2.86. The lowest BCUT2D eigenvalue weighted by Crippen LogP contribution is -2.36. The number of carbonyl (C=O) groups excluding carboxylic acids is 1. The first-order valence-corrected chi connectivity index (χ1v) is 11.4. The Morgan fingerprint density at radius 1 is 1.00 bits per heavy atom. The lowest BCUT2D eigenvalue weighted by molar-refractivity contribution is -0.120. The molecule has 0 fully saturated rings. The minimum Gasteiger partial charge on any atom is -0.351 e. The highest BCUT2D eigenvalue weighted by atomic mass is 32.2. The second-order valence-electron chi connectivity index (χ2n) is 8.17. The molecule has 0 bridgehead atoms. The maximum Gasteiger partial charge on any atom is 0.241 e. The molecule has 0 atom stereocenters. The molecule has 7 nitrogen and oxygen atoms in total. The number of nitrogens with zero attached hydrogens (tertiary/aromatic N) is 2. The number of benzene rings is 1. The minimum atomic E-state index is -3.77. The maximum atomic E-state index is 12.4. The van der Waals surface area contributed by atoms with E-state index in [1.54, 1.807) is 42.9 Å². The summed E-state index contributed by atoms with van der Waals surface area (Å²) in [5.41, 5.74) is 3.46. The summed E-state index contributed by atoms with van der Waals surface area (Å²) in [6.07, 6.45) is 5.10. The standard InChI is InChI=1S/C23H26N4O3S/c1-23(2,3)19-7-9-20(10-8-19)31(29,30)27-16-22(28)26-14-17-6-11-21(25-13-17)18-5-4-12-24-15-18/h4-13,15,27H,14,16H2,1-3H3,(H,26,28). The lowest BCUT2D eigenvalue weighted by Gasteiger charge is -2.19. The van der Waals surface area contributed by atoms with E-state index in [0.29, 0.717) is 0 Å². The van der Waals surface area contributed by atoms with Crippen molar-refractivity contribution in [3.05, 3.63) is 78.2 Å². The Morgan fingerprint density at radius 3 is 2.32 bits per heavy atom.